The third kappa shape index (κ3) is 2.73. The van der Waals surface area contributed by atoms with Crippen molar-refractivity contribution in [2.24, 2.45) is 0 Å². The number of nitrogens with one attached hydrogen (secondary N) is 1. The van der Waals surface area contributed by atoms with E-state index in [1.165, 1.54) is 10.9 Å². The molecule has 1 unspecified atom stereocenters. The van der Waals surface area contributed by atoms with Crippen molar-refractivity contribution in [2.45, 2.75) is 12.8 Å². The van der Waals surface area contributed by atoms with E-state index in [9.17, 15) is 0 Å². The van der Waals surface area contributed by atoms with Gasteiger partial charge in [0.05, 0.1) is 0 Å². The van der Waals surface area contributed by atoms with Crippen molar-refractivity contribution in [3.8, 4) is 5.75 Å². The molecular weight excluding hydrogens is 354 g/mol. The zero-order valence-electron chi connectivity index (χ0n) is 14.9. The number of para-hydroxylation sites is 1. The maximum Gasteiger partial charge on any atom is 0.131 e. The monoisotopic (exact) mass is 371 g/mol. The third-order valence-electron chi connectivity index (χ3n) is 5.16. The van der Waals surface area contributed by atoms with Crippen LogP contribution in [0.1, 0.15) is 28.3 Å². The Hall–Kier alpha value is -2.97. The summed E-state index contributed by atoms with van der Waals surface area (Å²) in [6.07, 6.45) is 2.20. The summed E-state index contributed by atoms with van der Waals surface area (Å²) >= 11 is 6.33. The average molecular weight is 372 g/mol. The molecule has 2 heterocycles. The van der Waals surface area contributed by atoms with Gasteiger partial charge >= 0.3 is 0 Å². The molecule has 1 atom stereocenters. The normalized spacial score (nSPS) is 15.9. The first kappa shape index (κ1) is 16.2. The molecule has 3 heteroatoms. The van der Waals surface area contributed by atoms with Gasteiger partial charge in [-0.25, -0.2) is 0 Å². The largest absolute Gasteiger partial charge is 0.457 e. The van der Waals surface area contributed by atoms with Gasteiger partial charge < -0.3 is 9.72 Å². The number of benzene rings is 3. The zero-order chi connectivity index (χ0) is 18.4. The summed E-state index contributed by atoms with van der Waals surface area (Å²) in [6.45, 7) is 2.13. The van der Waals surface area contributed by atoms with Crippen LogP contribution in [0, 0.1) is 6.92 Å². The Morgan fingerprint density at radius 2 is 1.70 bits per heavy atom. The molecule has 132 valence electrons. The van der Waals surface area contributed by atoms with Crippen LogP contribution in [-0.2, 0) is 0 Å². The molecule has 0 aliphatic carbocycles. The number of rotatable bonds is 2. The molecular formula is C24H18ClNO. The molecule has 1 N–H and O–H groups in total. The lowest BCUT2D eigenvalue weighted by Crippen LogP contribution is -2.11. The smallest absolute Gasteiger partial charge is 0.131 e. The molecule has 0 fully saturated rings. The molecule has 3 aromatic carbocycles. The average Bonchev–Trinajstić information content (AvgIpc) is 3.03. The highest BCUT2D eigenvalue weighted by atomic mass is 35.5. The molecule has 1 aliphatic rings. The SMILES string of the molecule is Cc1[nH]c2ccccc2c1C1C=C(c2ccccc2)Oc2ccc(Cl)cc21. The third-order valence-corrected chi connectivity index (χ3v) is 5.39. The fourth-order valence-electron chi connectivity index (χ4n) is 3.94. The molecule has 0 bridgehead atoms. The number of aromatic nitrogens is 1. The van der Waals surface area contributed by atoms with Crippen LogP contribution in [0.3, 0.4) is 0 Å². The Balaban J connectivity index is 1.76. The minimum absolute atomic E-state index is 0.0683. The van der Waals surface area contributed by atoms with Crippen LogP contribution in [0.5, 0.6) is 5.75 Å². The molecule has 1 aromatic heterocycles. The van der Waals surface area contributed by atoms with Crippen LogP contribution in [0.15, 0.2) is 78.9 Å². The fraction of sp³-hybridized carbons (Fsp3) is 0.0833. The van der Waals surface area contributed by atoms with Crippen LogP contribution in [0.25, 0.3) is 16.7 Å². The van der Waals surface area contributed by atoms with Gasteiger partial charge in [0.15, 0.2) is 0 Å². The molecule has 27 heavy (non-hydrogen) atoms. The number of allylic oxidation sites excluding steroid dienone is 1. The lowest BCUT2D eigenvalue weighted by atomic mass is 9.86. The van der Waals surface area contributed by atoms with Gasteiger partial charge in [0.1, 0.15) is 11.5 Å². The molecule has 0 saturated heterocycles. The second-order valence-corrected chi connectivity index (χ2v) is 7.30. The van der Waals surface area contributed by atoms with Crippen LogP contribution in [0.4, 0.5) is 0 Å². The van der Waals surface area contributed by atoms with E-state index in [0.29, 0.717) is 0 Å². The zero-order valence-corrected chi connectivity index (χ0v) is 15.6. The quantitative estimate of drug-likeness (QED) is 0.417. The number of H-pyrrole nitrogens is 1. The highest BCUT2D eigenvalue weighted by Gasteiger charge is 2.27. The van der Waals surface area contributed by atoms with Gasteiger partial charge in [0, 0.05) is 38.7 Å². The summed E-state index contributed by atoms with van der Waals surface area (Å²) in [4.78, 5) is 3.52. The number of aryl methyl sites for hydroxylation is 1. The topological polar surface area (TPSA) is 25.0 Å². The molecule has 0 spiro atoms. The first-order valence-corrected chi connectivity index (χ1v) is 9.40. The Bertz CT molecular complexity index is 1170. The lowest BCUT2D eigenvalue weighted by molar-refractivity contribution is 0.492. The van der Waals surface area contributed by atoms with Gasteiger partial charge in [-0.3, -0.25) is 0 Å². The van der Waals surface area contributed by atoms with Crippen molar-refractivity contribution in [2.75, 3.05) is 0 Å². The standard InChI is InChI=1S/C24H18ClNO/c1-15-24(18-9-5-6-10-21(18)26-15)20-14-23(16-7-3-2-4-8-16)27-22-12-11-17(25)13-19(20)22/h2-14,20,26H,1H3. The fourth-order valence-corrected chi connectivity index (χ4v) is 4.12. The molecule has 4 aromatic rings. The van der Waals surface area contributed by atoms with Gasteiger partial charge in [-0.15, -0.1) is 0 Å². The Morgan fingerprint density at radius 1 is 0.926 bits per heavy atom. The Morgan fingerprint density at radius 3 is 2.56 bits per heavy atom. The van der Waals surface area contributed by atoms with Gasteiger partial charge in [-0.05, 0) is 42.8 Å². The maximum absolute atomic E-state index is 6.33. The first-order valence-electron chi connectivity index (χ1n) is 9.02. The summed E-state index contributed by atoms with van der Waals surface area (Å²) in [6, 6.07) is 24.5. The predicted molar refractivity (Wildman–Crippen MR) is 111 cm³/mol. The first-order chi connectivity index (χ1) is 13.2. The number of hydrogen-bond acceptors (Lipinski definition) is 1. The summed E-state index contributed by atoms with van der Waals surface area (Å²) in [5, 5.41) is 1.95. The van der Waals surface area contributed by atoms with E-state index in [1.54, 1.807) is 0 Å². The number of fused-ring (bicyclic) bond motifs is 2. The van der Waals surface area contributed by atoms with E-state index >= 15 is 0 Å². The van der Waals surface area contributed by atoms with Gasteiger partial charge in [-0.2, -0.15) is 0 Å². The van der Waals surface area contributed by atoms with Crippen LogP contribution in [-0.4, -0.2) is 4.98 Å². The molecule has 0 radical (unpaired) electrons. The van der Waals surface area contributed by atoms with Crippen molar-refractivity contribution in [3.05, 3.63) is 106 Å². The second-order valence-electron chi connectivity index (χ2n) is 6.87. The molecule has 2 nitrogen and oxygen atoms in total. The number of hydrogen-bond donors (Lipinski definition) is 1. The number of halogens is 1. The van der Waals surface area contributed by atoms with Gasteiger partial charge in [0.25, 0.3) is 0 Å². The summed E-state index contributed by atoms with van der Waals surface area (Å²) in [5.74, 6) is 1.80. The lowest BCUT2D eigenvalue weighted by Gasteiger charge is -2.26. The predicted octanol–water partition coefficient (Wildman–Crippen LogP) is 6.70. The molecule has 1 aliphatic heterocycles. The molecule has 0 saturated carbocycles. The number of aromatic amines is 1. The maximum atomic E-state index is 6.33. The van der Waals surface area contributed by atoms with Crippen molar-refractivity contribution in [1.29, 1.82) is 0 Å². The second kappa shape index (κ2) is 6.33. The summed E-state index contributed by atoms with van der Waals surface area (Å²) < 4.78 is 6.25. The van der Waals surface area contributed by atoms with E-state index in [4.69, 9.17) is 16.3 Å². The molecule has 0 amide bonds. The van der Waals surface area contributed by atoms with Gasteiger partial charge in [0.2, 0.25) is 0 Å². The van der Waals surface area contributed by atoms with Gasteiger partial charge in [-0.1, -0.05) is 60.1 Å². The van der Waals surface area contributed by atoms with E-state index in [0.717, 1.165) is 38.9 Å². The highest BCUT2D eigenvalue weighted by Crippen LogP contribution is 2.44. The van der Waals surface area contributed by atoms with Crippen LogP contribution >= 0.6 is 11.6 Å². The van der Waals surface area contributed by atoms with Crippen molar-refractivity contribution in [1.82, 2.24) is 4.98 Å². The van der Waals surface area contributed by atoms with E-state index in [1.807, 2.05) is 36.4 Å². The van der Waals surface area contributed by atoms with Crippen LogP contribution < -0.4 is 4.74 Å². The number of ether oxygens (including phenoxy) is 1. The Labute approximate surface area is 163 Å². The summed E-state index contributed by atoms with van der Waals surface area (Å²) in [5.41, 5.74) is 5.74. The van der Waals surface area contributed by atoms with Crippen molar-refractivity contribution in [3.63, 3.8) is 0 Å². The van der Waals surface area contributed by atoms with Crippen LogP contribution in [0.2, 0.25) is 5.02 Å². The van der Waals surface area contributed by atoms with E-state index < -0.39 is 0 Å². The van der Waals surface area contributed by atoms with Crippen molar-refractivity contribution >= 4 is 28.3 Å². The van der Waals surface area contributed by atoms with Crippen molar-refractivity contribution < 1.29 is 4.74 Å². The van der Waals surface area contributed by atoms with E-state index in [2.05, 4.69) is 54.4 Å². The molecule has 5 rings (SSSR count). The highest BCUT2D eigenvalue weighted by molar-refractivity contribution is 6.30. The minimum Gasteiger partial charge on any atom is -0.457 e. The van der Waals surface area contributed by atoms with E-state index in [-0.39, 0.29) is 5.92 Å². The summed E-state index contributed by atoms with van der Waals surface area (Å²) in [7, 11) is 0. The Kier molecular flexibility index (Phi) is 3.80. The minimum atomic E-state index is 0.0683.